The van der Waals surface area contributed by atoms with Crippen molar-refractivity contribution in [3.05, 3.63) is 47.8 Å². The third kappa shape index (κ3) is 1.23. The van der Waals surface area contributed by atoms with Gasteiger partial charge < -0.3 is 4.74 Å². The van der Waals surface area contributed by atoms with Crippen molar-refractivity contribution < 1.29 is 9.53 Å². The molecule has 12 heavy (non-hydrogen) atoms. The number of ether oxygens (including phenoxy) is 1. The maximum absolute atomic E-state index is 10.9. The first-order valence-electron chi connectivity index (χ1n) is 3.82. The Hall–Kier alpha value is -1.57. The molecule has 1 heterocycles. The molecule has 0 spiro atoms. The van der Waals surface area contributed by atoms with Gasteiger partial charge in [-0.25, -0.2) is 0 Å². The van der Waals surface area contributed by atoms with Crippen LogP contribution < -0.4 is 0 Å². The van der Waals surface area contributed by atoms with Crippen LogP contribution in [0, 0.1) is 0 Å². The van der Waals surface area contributed by atoms with E-state index in [1.54, 1.807) is 6.08 Å². The third-order valence-electron chi connectivity index (χ3n) is 1.74. The Labute approximate surface area is 70.5 Å². The Kier molecular flexibility index (Phi) is 1.67. The highest BCUT2D eigenvalue weighted by Gasteiger charge is 2.14. The minimum absolute atomic E-state index is 0.186. The van der Waals surface area contributed by atoms with Crippen LogP contribution in [0.2, 0.25) is 0 Å². The van der Waals surface area contributed by atoms with Gasteiger partial charge in [-0.1, -0.05) is 30.4 Å². The van der Waals surface area contributed by atoms with Crippen LogP contribution in [0.1, 0.15) is 6.42 Å². The Morgan fingerprint density at radius 3 is 3.08 bits per heavy atom. The van der Waals surface area contributed by atoms with Crippen molar-refractivity contribution in [1.29, 1.82) is 0 Å². The summed E-state index contributed by atoms with van der Waals surface area (Å²) in [5.74, 6) is 0.463. The molecule has 0 atom stereocenters. The lowest BCUT2D eigenvalue weighted by molar-refractivity contribution is -0.138. The molecule has 0 radical (unpaired) electrons. The second kappa shape index (κ2) is 2.81. The summed E-state index contributed by atoms with van der Waals surface area (Å²) in [5, 5.41) is 0. The molecule has 0 aromatic carbocycles. The summed E-state index contributed by atoms with van der Waals surface area (Å²) in [6.45, 7) is 0. The topological polar surface area (TPSA) is 26.3 Å². The molecule has 0 bridgehead atoms. The lowest BCUT2D eigenvalue weighted by Gasteiger charge is -2.12. The summed E-state index contributed by atoms with van der Waals surface area (Å²) >= 11 is 0. The van der Waals surface area contributed by atoms with Gasteiger partial charge in [-0.2, -0.15) is 0 Å². The molecule has 0 N–H and O–H groups in total. The minimum atomic E-state index is -0.186. The number of fused-ring (bicyclic) bond motifs is 1. The molecule has 1 aliphatic heterocycles. The van der Waals surface area contributed by atoms with Gasteiger partial charge in [-0.05, 0) is 6.08 Å². The number of hydrogen-bond acceptors (Lipinski definition) is 2. The molecule has 0 unspecified atom stereocenters. The molecule has 0 amide bonds. The molecule has 2 rings (SSSR count). The van der Waals surface area contributed by atoms with Gasteiger partial charge in [0.25, 0.3) is 0 Å². The van der Waals surface area contributed by atoms with Crippen molar-refractivity contribution in [3.63, 3.8) is 0 Å². The molecular weight excluding hydrogens is 152 g/mol. The maximum atomic E-state index is 10.9. The normalized spacial score (nSPS) is 20.5. The largest absolute Gasteiger partial charge is 0.426 e. The number of allylic oxidation sites excluding steroid dienone is 5. The second-order valence-electron chi connectivity index (χ2n) is 2.61. The van der Waals surface area contributed by atoms with Crippen LogP contribution >= 0.6 is 0 Å². The van der Waals surface area contributed by atoms with Crippen molar-refractivity contribution in [2.24, 2.45) is 0 Å². The Balaban J connectivity index is 2.41. The molecular formula is C10H8O2. The molecule has 2 aliphatic rings. The number of rotatable bonds is 0. The molecule has 0 saturated carbocycles. The zero-order chi connectivity index (χ0) is 8.39. The quantitative estimate of drug-likeness (QED) is 0.505. The van der Waals surface area contributed by atoms with E-state index >= 15 is 0 Å². The van der Waals surface area contributed by atoms with E-state index in [2.05, 4.69) is 0 Å². The SMILES string of the molecule is O=C1CC=C2C=CC=CC=C2O1. The summed E-state index contributed by atoms with van der Waals surface area (Å²) in [5.41, 5.74) is 0.986. The van der Waals surface area contributed by atoms with Crippen molar-refractivity contribution in [1.82, 2.24) is 0 Å². The highest BCUT2D eigenvalue weighted by Crippen LogP contribution is 2.21. The van der Waals surface area contributed by atoms with Crippen LogP contribution in [-0.2, 0) is 9.53 Å². The van der Waals surface area contributed by atoms with Crippen molar-refractivity contribution >= 4 is 5.97 Å². The van der Waals surface area contributed by atoms with Gasteiger partial charge >= 0.3 is 5.97 Å². The van der Waals surface area contributed by atoms with Crippen molar-refractivity contribution in [2.75, 3.05) is 0 Å². The smallest absolute Gasteiger partial charge is 0.315 e. The predicted molar refractivity (Wildman–Crippen MR) is 45.2 cm³/mol. The van der Waals surface area contributed by atoms with E-state index in [1.165, 1.54) is 0 Å². The van der Waals surface area contributed by atoms with E-state index in [0.29, 0.717) is 12.2 Å². The molecule has 60 valence electrons. The molecule has 2 heteroatoms. The van der Waals surface area contributed by atoms with Crippen LogP contribution in [0.25, 0.3) is 0 Å². The number of esters is 1. The van der Waals surface area contributed by atoms with E-state index < -0.39 is 0 Å². The zero-order valence-corrected chi connectivity index (χ0v) is 6.49. The summed E-state index contributed by atoms with van der Waals surface area (Å²) < 4.78 is 5.02. The van der Waals surface area contributed by atoms with E-state index in [0.717, 1.165) is 5.57 Å². The summed E-state index contributed by atoms with van der Waals surface area (Å²) in [7, 11) is 0. The van der Waals surface area contributed by atoms with Crippen LogP contribution in [0.15, 0.2) is 47.8 Å². The van der Waals surface area contributed by atoms with Gasteiger partial charge in [-0.3, -0.25) is 4.79 Å². The Morgan fingerprint density at radius 1 is 1.25 bits per heavy atom. The van der Waals surface area contributed by atoms with Gasteiger partial charge in [0.2, 0.25) is 0 Å². The highest BCUT2D eigenvalue weighted by molar-refractivity contribution is 5.76. The Morgan fingerprint density at radius 2 is 2.17 bits per heavy atom. The monoisotopic (exact) mass is 160 g/mol. The first-order valence-corrected chi connectivity index (χ1v) is 3.82. The Bertz CT molecular complexity index is 330. The van der Waals surface area contributed by atoms with Gasteiger partial charge in [0.1, 0.15) is 5.76 Å². The average molecular weight is 160 g/mol. The van der Waals surface area contributed by atoms with E-state index in [1.807, 2.05) is 30.4 Å². The fourth-order valence-corrected chi connectivity index (χ4v) is 1.16. The molecule has 0 saturated heterocycles. The van der Waals surface area contributed by atoms with E-state index in [4.69, 9.17) is 4.74 Å². The van der Waals surface area contributed by atoms with Crippen LogP contribution in [0.3, 0.4) is 0 Å². The maximum Gasteiger partial charge on any atom is 0.315 e. The van der Waals surface area contributed by atoms with Crippen LogP contribution in [0.5, 0.6) is 0 Å². The molecule has 0 aromatic heterocycles. The molecule has 0 fully saturated rings. The fourth-order valence-electron chi connectivity index (χ4n) is 1.16. The van der Waals surface area contributed by atoms with Gasteiger partial charge in [0.05, 0.1) is 6.42 Å². The van der Waals surface area contributed by atoms with Crippen LogP contribution in [-0.4, -0.2) is 5.97 Å². The standard InChI is InChI=1S/C10H8O2/c11-10-7-6-8-4-2-1-3-5-9(8)12-10/h1-6H,7H2. The van der Waals surface area contributed by atoms with E-state index in [9.17, 15) is 4.79 Å². The average Bonchev–Trinajstić information content (AvgIpc) is 2.28. The summed E-state index contributed by atoms with van der Waals surface area (Å²) in [6, 6.07) is 0. The summed E-state index contributed by atoms with van der Waals surface area (Å²) in [6.07, 6.45) is 11.7. The second-order valence-corrected chi connectivity index (χ2v) is 2.61. The molecule has 1 aliphatic carbocycles. The number of hydrogen-bond donors (Lipinski definition) is 0. The highest BCUT2D eigenvalue weighted by atomic mass is 16.5. The fraction of sp³-hybridized carbons (Fsp3) is 0.100. The summed E-state index contributed by atoms with van der Waals surface area (Å²) in [4.78, 5) is 10.9. The first kappa shape index (κ1) is 7.10. The van der Waals surface area contributed by atoms with E-state index in [-0.39, 0.29) is 5.97 Å². The van der Waals surface area contributed by atoms with Gasteiger partial charge in [-0.15, -0.1) is 0 Å². The number of carbonyl (C=O) groups is 1. The zero-order valence-electron chi connectivity index (χ0n) is 6.49. The van der Waals surface area contributed by atoms with Crippen molar-refractivity contribution in [2.45, 2.75) is 6.42 Å². The first-order chi connectivity index (χ1) is 5.86. The van der Waals surface area contributed by atoms with Gasteiger partial charge in [0.15, 0.2) is 0 Å². The lowest BCUT2D eigenvalue weighted by Crippen LogP contribution is -2.09. The molecule has 0 aromatic rings. The number of carbonyl (C=O) groups excluding carboxylic acids is 1. The van der Waals surface area contributed by atoms with Crippen LogP contribution in [0.4, 0.5) is 0 Å². The lowest BCUT2D eigenvalue weighted by atomic mass is 10.1. The predicted octanol–water partition coefficient (Wildman–Crippen LogP) is 1.87. The third-order valence-corrected chi connectivity index (χ3v) is 1.74. The van der Waals surface area contributed by atoms with Gasteiger partial charge in [0, 0.05) is 5.57 Å². The molecule has 2 nitrogen and oxygen atoms in total. The van der Waals surface area contributed by atoms with Crippen molar-refractivity contribution in [3.8, 4) is 0 Å². The minimum Gasteiger partial charge on any atom is -0.426 e.